The lowest BCUT2D eigenvalue weighted by Gasteiger charge is -2.25. The molecule has 1 atom stereocenters. The van der Waals surface area contributed by atoms with Gasteiger partial charge in [0.05, 0.1) is 19.8 Å². The van der Waals surface area contributed by atoms with Crippen LogP contribution >= 0.6 is 11.6 Å². The van der Waals surface area contributed by atoms with Gasteiger partial charge in [0.25, 0.3) is 0 Å². The van der Waals surface area contributed by atoms with Crippen molar-refractivity contribution in [3.05, 3.63) is 34.3 Å². The Morgan fingerprint density at radius 1 is 1.33 bits per heavy atom. The van der Waals surface area contributed by atoms with Crippen molar-refractivity contribution in [2.75, 3.05) is 6.61 Å². The third-order valence-corrected chi connectivity index (χ3v) is 2.76. The normalized spacial score (nSPS) is 25.8. The molecule has 0 aromatic heterocycles. The first-order valence-corrected chi connectivity index (χ1v) is 5.17. The van der Waals surface area contributed by atoms with Crippen LogP contribution in [0.25, 0.3) is 0 Å². The predicted molar refractivity (Wildman–Crippen MR) is 56.5 cm³/mol. The summed E-state index contributed by atoms with van der Waals surface area (Å²) in [5, 5.41) is 9.82. The number of benzene rings is 1. The molecule has 0 radical (unpaired) electrons. The highest BCUT2D eigenvalue weighted by Crippen LogP contribution is 2.26. The number of ether oxygens (including phenoxy) is 2. The molecule has 0 spiro atoms. The van der Waals surface area contributed by atoms with Crippen molar-refractivity contribution >= 4 is 11.6 Å². The van der Waals surface area contributed by atoms with Crippen molar-refractivity contribution in [1.29, 1.82) is 0 Å². The summed E-state index contributed by atoms with van der Waals surface area (Å²) >= 11 is 5.89. The van der Waals surface area contributed by atoms with Gasteiger partial charge in [-0.1, -0.05) is 17.7 Å². The zero-order valence-corrected chi connectivity index (χ0v) is 9.25. The van der Waals surface area contributed by atoms with E-state index in [-0.39, 0.29) is 6.61 Å². The van der Waals surface area contributed by atoms with Gasteiger partial charge in [0.2, 0.25) is 0 Å². The molecule has 1 aliphatic heterocycles. The second-order valence-electron chi connectivity index (χ2n) is 3.78. The third-order valence-electron chi connectivity index (χ3n) is 2.52. The van der Waals surface area contributed by atoms with Crippen LogP contribution in [0.1, 0.15) is 18.1 Å². The molecule has 0 fully saturated rings. The van der Waals surface area contributed by atoms with Crippen LogP contribution in [0.4, 0.5) is 0 Å². The summed E-state index contributed by atoms with van der Waals surface area (Å²) in [6, 6.07) is 5.61. The van der Waals surface area contributed by atoms with E-state index in [1.54, 1.807) is 6.92 Å². The molecule has 0 amide bonds. The Morgan fingerprint density at radius 2 is 2.00 bits per heavy atom. The zero-order chi connectivity index (χ0) is 10.9. The van der Waals surface area contributed by atoms with Crippen LogP contribution < -0.4 is 0 Å². The van der Waals surface area contributed by atoms with Gasteiger partial charge < -0.3 is 14.6 Å². The molecule has 0 aliphatic carbocycles. The molecule has 1 aromatic carbocycles. The quantitative estimate of drug-likeness (QED) is 0.800. The van der Waals surface area contributed by atoms with Gasteiger partial charge in [-0.15, -0.1) is 0 Å². The van der Waals surface area contributed by atoms with E-state index in [1.807, 2.05) is 18.2 Å². The second-order valence-corrected chi connectivity index (χ2v) is 4.22. The maximum absolute atomic E-state index is 9.13. The monoisotopic (exact) mass is 228 g/mol. The molecule has 4 heteroatoms. The molecule has 82 valence electrons. The first-order chi connectivity index (χ1) is 7.13. The van der Waals surface area contributed by atoms with E-state index in [0.717, 1.165) is 11.1 Å². The topological polar surface area (TPSA) is 38.7 Å². The minimum atomic E-state index is -0.911. The van der Waals surface area contributed by atoms with Gasteiger partial charge in [0.1, 0.15) is 0 Å². The lowest BCUT2D eigenvalue weighted by atomic mass is 10.1. The Hall–Kier alpha value is -0.610. The van der Waals surface area contributed by atoms with Crippen LogP contribution in [-0.2, 0) is 22.7 Å². The lowest BCUT2D eigenvalue weighted by Crippen LogP contribution is -2.34. The molecule has 1 aromatic rings. The summed E-state index contributed by atoms with van der Waals surface area (Å²) in [5.74, 6) is -0.911. The molecule has 0 saturated heterocycles. The minimum absolute atomic E-state index is 0.158. The lowest BCUT2D eigenvalue weighted by molar-refractivity contribution is -0.249. The molecular weight excluding hydrogens is 216 g/mol. The number of hydrogen-bond donors (Lipinski definition) is 1. The van der Waals surface area contributed by atoms with Gasteiger partial charge in [-0.05, 0) is 30.2 Å². The maximum Gasteiger partial charge on any atom is 0.189 e. The summed E-state index contributed by atoms with van der Waals surface area (Å²) in [6.07, 6.45) is 0. The highest BCUT2D eigenvalue weighted by atomic mass is 35.5. The Labute approximate surface area is 93.6 Å². The van der Waals surface area contributed by atoms with E-state index >= 15 is 0 Å². The zero-order valence-electron chi connectivity index (χ0n) is 8.50. The Bertz CT molecular complexity index is 367. The Morgan fingerprint density at radius 3 is 2.67 bits per heavy atom. The van der Waals surface area contributed by atoms with E-state index in [1.165, 1.54) is 0 Å². The van der Waals surface area contributed by atoms with Crippen LogP contribution in [-0.4, -0.2) is 17.5 Å². The summed E-state index contributed by atoms with van der Waals surface area (Å²) in [4.78, 5) is 0. The van der Waals surface area contributed by atoms with E-state index in [0.29, 0.717) is 18.2 Å². The molecule has 1 heterocycles. The van der Waals surface area contributed by atoms with Gasteiger partial charge >= 0.3 is 0 Å². The molecule has 1 unspecified atom stereocenters. The Balaban J connectivity index is 2.25. The average Bonchev–Trinajstić information content (AvgIpc) is 2.40. The van der Waals surface area contributed by atoms with Crippen molar-refractivity contribution in [2.45, 2.75) is 25.9 Å². The van der Waals surface area contributed by atoms with Gasteiger partial charge in [0.15, 0.2) is 5.79 Å². The predicted octanol–water partition coefficient (Wildman–Crippen LogP) is 2.10. The maximum atomic E-state index is 9.13. The van der Waals surface area contributed by atoms with Crippen molar-refractivity contribution in [3.8, 4) is 0 Å². The summed E-state index contributed by atoms with van der Waals surface area (Å²) in [5.41, 5.74) is 2.07. The number of halogens is 1. The first-order valence-electron chi connectivity index (χ1n) is 4.79. The number of fused-ring (bicyclic) bond motifs is 1. The first kappa shape index (κ1) is 10.9. The van der Waals surface area contributed by atoms with Gasteiger partial charge in [-0.3, -0.25) is 0 Å². The molecular formula is C11H13ClO3. The Kier molecular flexibility index (Phi) is 2.98. The van der Waals surface area contributed by atoms with E-state index in [9.17, 15) is 0 Å². The molecule has 2 rings (SSSR count). The van der Waals surface area contributed by atoms with Crippen LogP contribution in [0, 0.1) is 0 Å². The third kappa shape index (κ3) is 2.32. The van der Waals surface area contributed by atoms with E-state index in [2.05, 4.69) is 0 Å². The second kappa shape index (κ2) is 4.10. The smallest absolute Gasteiger partial charge is 0.189 e. The highest BCUT2D eigenvalue weighted by Gasteiger charge is 2.28. The van der Waals surface area contributed by atoms with Crippen LogP contribution in [0.2, 0.25) is 5.02 Å². The molecule has 1 N–H and O–H groups in total. The van der Waals surface area contributed by atoms with Crippen LogP contribution in [0.15, 0.2) is 18.2 Å². The SMILES string of the molecule is CC1(CO)OCc2ccc(Cl)cc2CO1. The van der Waals surface area contributed by atoms with Gasteiger partial charge in [-0.25, -0.2) is 0 Å². The van der Waals surface area contributed by atoms with Crippen LogP contribution in [0.5, 0.6) is 0 Å². The van der Waals surface area contributed by atoms with E-state index in [4.69, 9.17) is 26.2 Å². The van der Waals surface area contributed by atoms with Gasteiger partial charge in [0, 0.05) is 5.02 Å². The minimum Gasteiger partial charge on any atom is -0.391 e. The fourth-order valence-electron chi connectivity index (χ4n) is 1.46. The average molecular weight is 229 g/mol. The van der Waals surface area contributed by atoms with Crippen LogP contribution in [0.3, 0.4) is 0 Å². The number of aliphatic hydroxyl groups is 1. The molecule has 1 aliphatic rings. The summed E-state index contributed by atoms with van der Waals surface area (Å²) in [7, 11) is 0. The standard InChI is InChI=1S/C11H13ClO3/c1-11(7-13)14-5-8-2-3-10(12)4-9(8)6-15-11/h2-4,13H,5-7H2,1H3. The molecule has 0 saturated carbocycles. The summed E-state index contributed by atoms with van der Waals surface area (Å²) in [6.45, 7) is 2.41. The fraction of sp³-hybridized carbons (Fsp3) is 0.455. The molecule has 3 nitrogen and oxygen atoms in total. The molecule has 0 bridgehead atoms. The van der Waals surface area contributed by atoms with Crippen molar-refractivity contribution in [1.82, 2.24) is 0 Å². The van der Waals surface area contributed by atoms with Crippen molar-refractivity contribution in [2.24, 2.45) is 0 Å². The molecule has 15 heavy (non-hydrogen) atoms. The largest absolute Gasteiger partial charge is 0.391 e. The summed E-state index contributed by atoms with van der Waals surface area (Å²) < 4.78 is 11.0. The number of rotatable bonds is 1. The van der Waals surface area contributed by atoms with Crippen molar-refractivity contribution in [3.63, 3.8) is 0 Å². The number of hydrogen-bond acceptors (Lipinski definition) is 3. The number of aliphatic hydroxyl groups excluding tert-OH is 1. The van der Waals surface area contributed by atoms with Crippen molar-refractivity contribution < 1.29 is 14.6 Å². The van der Waals surface area contributed by atoms with Gasteiger partial charge in [-0.2, -0.15) is 0 Å². The van der Waals surface area contributed by atoms with E-state index < -0.39 is 5.79 Å². The highest BCUT2D eigenvalue weighted by molar-refractivity contribution is 6.30. The fourth-order valence-corrected chi connectivity index (χ4v) is 1.66.